The summed E-state index contributed by atoms with van der Waals surface area (Å²) in [6, 6.07) is 10.8. The largest absolute Gasteiger partial charge is 2.00 e. The van der Waals surface area contributed by atoms with Crippen molar-refractivity contribution in [2.24, 2.45) is 0 Å². The third kappa shape index (κ3) is 8.17. The second kappa shape index (κ2) is 11.5. The average Bonchev–Trinajstić information content (AvgIpc) is 2.29. The fourth-order valence-electron chi connectivity index (χ4n) is 1.93. The molecule has 0 unspecified atom stereocenters. The van der Waals surface area contributed by atoms with Crippen molar-refractivity contribution < 1.29 is 2.85 Å². The van der Waals surface area contributed by atoms with Crippen molar-refractivity contribution in [3.8, 4) is 0 Å². The molecule has 0 N–H and O–H groups in total. The minimum atomic E-state index is 0. The first-order valence-corrected chi connectivity index (χ1v) is 6.47. The Labute approximate surface area is 120 Å². The fourth-order valence-corrected chi connectivity index (χ4v) is 1.93. The fraction of sp³-hybridized carbons (Fsp3) is 0.600. The molecule has 88 valence electrons. The van der Waals surface area contributed by atoms with E-state index in [-0.39, 0.29) is 25.9 Å². The van der Waals surface area contributed by atoms with Crippen molar-refractivity contribution >= 4 is 23.1 Å². The van der Waals surface area contributed by atoms with Gasteiger partial charge in [-0.25, -0.2) is 0 Å². The van der Waals surface area contributed by atoms with Crippen LogP contribution in [-0.2, 0) is 6.42 Å². The van der Waals surface area contributed by atoms with Crippen LogP contribution in [0.5, 0.6) is 0 Å². The van der Waals surface area contributed by atoms with Gasteiger partial charge < -0.3 is 2.85 Å². The van der Waals surface area contributed by atoms with Crippen molar-refractivity contribution in [2.45, 2.75) is 58.3 Å². The Bertz CT molecular complexity index is 240. The molecule has 0 spiro atoms. The van der Waals surface area contributed by atoms with Crippen LogP contribution in [0, 0.1) is 0 Å². The van der Waals surface area contributed by atoms with E-state index in [0.29, 0.717) is 0 Å². The molecule has 16 heavy (non-hydrogen) atoms. The molecule has 0 radical (unpaired) electrons. The summed E-state index contributed by atoms with van der Waals surface area (Å²) in [6.45, 7) is 2.27. The predicted molar refractivity (Wildman–Crippen MR) is 76.1 cm³/mol. The van der Waals surface area contributed by atoms with E-state index in [4.69, 9.17) is 0 Å². The van der Waals surface area contributed by atoms with Gasteiger partial charge in [-0.05, 0) is 18.4 Å². The van der Waals surface area contributed by atoms with Crippen LogP contribution in [0.2, 0.25) is 0 Å². The van der Waals surface area contributed by atoms with Crippen molar-refractivity contribution in [2.75, 3.05) is 0 Å². The van der Waals surface area contributed by atoms with Gasteiger partial charge in [-0.3, -0.25) is 0 Å². The normalized spacial score (nSPS) is 9.81. The van der Waals surface area contributed by atoms with Crippen LogP contribution in [0.3, 0.4) is 0 Å². The quantitative estimate of drug-likeness (QED) is 0.444. The van der Waals surface area contributed by atoms with Gasteiger partial charge in [-0.1, -0.05) is 75.8 Å². The van der Waals surface area contributed by atoms with E-state index < -0.39 is 0 Å². The van der Waals surface area contributed by atoms with Crippen LogP contribution in [0.1, 0.15) is 60.3 Å². The standard InChI is InChI=1S/C15H24.Mg.2H/c1-2-3-4-5-6-7-9-12-15-13-10-8-11-14-15;;;/h8,10-11,13-14H,2-7,9,12H2,1H3;;;/q;+2;2*-1. The van der Waals surface area contributed by atoms with Crippen LogP contribution in [0.4, 0.5) is 0 Å². The van der Waals surface area contributed by atoms with Crippen molar-refractivity contribution in [1.82, 2.24) is 0 Å². The minimum absolute atomic E-state index is 0. The molecular weight excluding hydrogens is 204 g/mol. The van der Waals surface area contributed by atoms with Gasteiger partial charge >= 0.3 is 23.1 Å². The molecule has 0 amide bonds. The smallest absolute Gasteiger partial charge is 1.00 e. The summed E-state index contributed by atoms with van der Waals surface area (Å²) in [4.78, 5) is 0. The maximum Gasteiger partial charge on any atom is 2.00 e. The Balaban J connectivity index is -0.000000750. The Morgan fingerprint density at radius 2 is 1.38 bits per heavy atom. The molecular formula is C15H26Mg. The molecule has 1 rings (SSSR count). The maximum atomic E-state index is 2.27. The van der Waals surface area contributed by atoms with E-state index in [1.165, 1.54) is 56.9 Å². The number of benzene rings is 1. The molecule has 1 aromatic rings. The van der Waals surface area contributed by atoms with Crippen LogP contribution < -0.4 is 0 Å². The van der Waals surface area contributed by atoms with Gasteiger partial charge in [0.25, 0.3) is 0 Å². The molecule has 1 heteroatoms. The number of aryl methyl sites for hydroxylation is 1. The predicted octanol–water partition coefficient (Wildman–Crippen LogP) is 4.82. The molecule has 1 aromatic carbocycles. The van der Waals surface area contributed by atoms with E-state index in [1.807, 2.05) is 0 Å². The Morgan fingerprint density at radius 3 is 2.00 bits per heavy atom. The first kappa shape index (κ1) is 16.0. The second-order valence-corrected chi connectivity index (χ2v) is 4.36. The van der Waals surface area contributed by atoms with E-state index in [9.17, 15) is 0 Å². The van der Waals surface area contributed by atoms with Crippen LogP contribution in [0.15, 0.2) is 30.3 Å². The van der Waals surface area contributed by atoms with Crippen LogP contribution in [0.25, 0.3) is 0 Å². The van der Waals surface area contributed by atoms with Crippen LogP contribution in [-0.4, -0.2) is 23.1 Å². The Hall–Kier alpha value is -0.0138. The Kier molecular flexibility index (Phi) is 11.5. The van der Waals surface area contributed by atoms with Gasteiger partial charge in [-0.15, -0.1) is 0 Å². The molecule has 0 saturated carbocycles. The topological polar surface area (TPSA) is 0 Å². The SMILES string of the molecule is CCCCCCCCCc1ccccc1.[H-].[H-].[Mg+2]. The first-order chi connectivity index (χ1) is 7.43. The number of rotatable bonds is 8. The maximum absolute atomic E-state index is 2.27. The molecule has 0 aromatic heterocycles. The number of unbranched alkanes of at least 4 members (excludes halogenated alkanes) is 6. The third-order valence-corrected chi connectivity index (χ3v) is 2.91. The van der Waals surface area contributed by atoms with Gasteiger partial charge in [0.05, 0.1) is 0 Å². The number of hydrogen-bond donors (Lipinski definition) is 0. The van der Waals surface area contributed by atoms with Crippen molar-refractivity contribution in [3.63, 3.8) is 0 Å². The summed E-state index contributed by atoms with van der Waals surface area (Å²) in [5, 5.41) is 0. The summed E-state index contributed by atoms with van der Waals surface area (Å²) in [5.74, 6) is 0. The molecule has 0 aliphatic heterocycles. The average molecular weight is 231 g/mol. The molecule has 0 aliphatic rings. The summed E-state index contributed by atoms with van der Waals surface area (Å²) in [7, 11) is 0. The zero-order valence-electron chi connectivity index (χ0n) is 12.8. The van der Waals surface area contributed by atoms with Gasteiger partial charge in [0, 0.05) is 0 Å². The Morgan fingerprint density at radius 1 is 0.812 bits per heavy atom. The van der Waals surface area contributed by atoms with Gasteiger partial charge in [-0.2, -0.15) is 0 Å². The van der Waals surface area contributed by atoms with Crippen LogP contribution >= 0.6 is 0 Å². The molecule has 0 heterocycles. The molecule has 0 saturated heterocycles. The second-order valence-electron chi connectivity index (χ2n) is 4.36. The van der Waals surface area contributed by atoms with E-state index >= 15 is 0 Å². The summed E-state index contributed by atoms with van der Waals surface area (Å²) < 4.78 is 0. The number of hydrogen-bond acceptors (Lipinski definition) is 0. The zero-order valence-corrected chi connectivity index (χ0v) is 12.2. The zero-order chi connectivity index (χ0) is 10.8. The van der Waals surface area contributed by atoms with E-state index in [0.717, 1.165) is 0 Å². The van der Waals surface area contributed by atoms with Gasteiger partial charge in [0.15, 0.2) is 0 Å². The monoisotopic (exact) mass is 230 g/mol. The summed E-state index contributed by atoms with van der Waals surface area (Å²) in [6.07, 6.45) is 11.1. The van der Waals surface area contributed by atoms with E-state index in [1.54, 1.807) is 0 Å². The minimum Gasteiger partial charge on any atom is -1.00 e. The van der Waals surface area contributed by atoms with Crippen molar-refractivity contribution in [3.05, 3.63) is 35.9 Å². The first-order valence-electron chi connectivity index (χ1n) is 6.47. The van der Waals surface area contributed by atoms with E-state index in [2.05, 4.69) is 37.3 Å². The third-order valence-electron chi connectivity index (χ3n) is 2.91. The van der Waals surface area contributed by atoms with Gasteiger partial charge in [0.2, 0.25) is 0 Å². The molecule has 0 fully saturated rings. The van der Waals surface area contributed by atoms with Gasteiger partial charge in [0.1, 0.15) is 0 Å². The molecule has 0 aliphatic carbocycles. The van der Waals surface area contributed by atoms with Crippen molar-refractivity contribution in [1.29, 1.82) is 0 Å². The molecule has 0 nitrogen and oxygen atoms in total. The summed E-state index contributed by atoms with van der Waals surface area (Å²) in [5.41, 5.74) is 1.49. The molecule has 0 bridgehead atoms. The molecule has 0 atom stereocenters. The summed E-state index contributed by atoms with van der Waals surface area (Å²) >= 11 is 0.